The lowest BCUT2D eigenvalue weighted by atomic mass is 9.74. The molecule has 0 aromatic rings. The molecule has 0 aliphatic carbocycles. The minimum atomic E-state index is -2.99. The second-order valence-electron chi connectivity index (χ2n) is 7.67. The molecule has 1 saturated heterocycles. The summed E-state index contributed by atoms with van der Waals surface area (Å²) >= 11 is 4.10. The summed E-state index contributed by atoms with van der Waals surface area (Å²) in [6.45, 7) is 1.75. The first-order valence-corrected chi connectivity index (χ1v) is 10.7. The zero-order chi connectivity index (χ0) is 25.6. The van der Waals surface area contributed by atoms with Crippen molar-refractivity contribution in [1.29, 1.82) is 0 Å². The van der Waals surface area contributed by atoms with Gasteiger partial charge in [0.25, 0.3) is 5.79 Å². The predicted octanol–water partition coefficient (Wildman–Crippen LogP) is -3.86. The van der Waals surface area contributed by atoms with Crippen molar-refractivity contribution in [3.63, 3.8) is 0 Å². The van der Waals surface area contributed by atoms with E-state index in [9.17, 15) is 45.0 Å². The van der Waals surface area contributed by atoms with Gasteiger partial charge in [0.2, 0.25) is 5.91 Å². The molecule has 1 heterocycles. The van der Waals surface area contributed by atoms with Crippen molar-refractivity contribution in [2.45, 2.75) is 67.7 Å². The summed E-state index contributed by atoms with van der Waals surface area (Å²) in [6.07, 6.45) is -8.47. The Morgan fingerprint density at radius 3 is 2.42 bits per heavy atom. The second-order valence-corrected chi connectivity index (χ2v) is 8.29. The normalized spacial score (nSPS) is 30.5. The Bertz CT molecular complexity index is 702. The van der Waals surface area contributed by atoms with Crippen LogP contribution in [0.2, 0.25) is 0 Å². The highest BCUT2D eigenvalue weighted by Gasteiger charge is 2.64. The number of aliphatic hydroxyl groups is 5. The van der Waals surface area contributed by atoms with Crippen LogP contribution in [0.4, 0.5) is 0 Å². The van der Waals surface area contributed by atoms with Gasteiger partial charge in [0.1, 0.15) is 23.9 Å². The van der Waals surface area contributed by atoms with Crippen molar-refractivity contribution in [1.82, 2.24) is 15.9 Å². The number of hydrogen-bond donors (Lipinski definition) is 9. The molecule has 192 valence electrons. The SMILES string of the molecule is CCC(S)C(=O)NCCON(C)N[C@]1(C(C)=O)[C@@H](O)C[C@](O)(C(=O)O)O[C@H]1[C@H](O)[C@H](O)CO. The van der Waals surface area contributed by atoms with Gasteiger partial charge in [-0.1, -0.05) is 6.92 Å². The number of amides is 1. The molecular weight excluding hydrogens is 466 g/mol. The van der Waals surface area contributed by atoms with Crippen molar-refractivity contribution >= 4 is 30.3 Å². The first-order valence-electron chi connectivity index (χ1n) is 10.2. The number of aliphatic carboxylic acids is 1. The average Bonchev–Trinajstić information content (AvgIpc) is 2.76. The fourth-order valence-corrected chi connectivity index (χ4v) is 3.45. The number of hydrogen-bond acceptors (Lipinski definition) is 13. The molecule has 0 aromatic heterocycles. The standard InChI is InChI=1S/C18H33N3O11S/c1-4-11(33)15(27)19-5-6-31-21(3)20-18(9(2)23)12(25)7-17(30,16(28)29)32-14(18)13(26)10(24)8-22/h10-14,20,22,24-26,30,33H,4-8H2,1-3H3,(H,19,27)(H,28,29)/t10-,11?,12+,13-,14+,17-,18-/m1/s1. The molecule has 1 fully saturated rings. The molecule has 7 atom stereocenters. The van der Waals surface area contributed by atoms with Crippen LogP contribution in [0.3, 0.4) is 0 Å². The lowest BCUT2D eigenvalue weighted by molar-refractivity contribution is -0.322. The molecule has 0 aromatic carbocycles. The van der Waals surface area contributed by atoms with Gasteiger partial charge < -0.3 is 40.7 Å². The lowest BCUT2D eigenvalue weighted by Crippen LogP contribution is -2.78. The Kier molecular flexibility index (Phi) is 11.1. The van der Waals surface area contributed by atoms with Crippen LogP contribution in [0, 0.1) is 0 Å². The molecule has 1 amide bonds. The van der Waals surface area contributed by atoms with Crippen LogP contribution in [-0.2, 0) is 24.0 Å². The van der Waals surface area contributed by atoms with Crippen LogP contribution in [0.1, 0.15) is 26.7 Å². The van der Waals surface area contributed by atoms with E-state index in [-0.39, 0.29) is 19.1 Å². The number of Topliss-reactive ketones (excluding diaryl/α,β-unsaturated/α-hetero) is 1. The van der Waals surface area contributed by atoms with E-state index in [1.807, 2.05) is 0 Å². The fourth-order valence-electron chi connectivity index (χ4n) is 3.35. The Morgan fingerprint density at radius 1 is 1.33 bits per heavy atom. The maximum Gasteiger partial charge on any atom is 0.364 e. The molecule has 1 rings (SSSR count). The number of hydroxylamine groups is 1. The van der Waals surface area contributed by atoms with Crippen LogP contribution in [-0.4, -0.2) is 121 Å². The third-order valence-corrected chi connectivity index (χ3v) is 5.89. The van der Waals surface area contributed by atoms with E-state index in [0.717, 1.165) is 12.1 Å². The molecule has 0 saturated carbocycles. The van der Waals surface area contributed by atoms with Gasteiger partial charge in [0.15, 0.2) is 5.78 Å². The summed E-state index contributed by atoms with van der Waals surface area (Å²) in [5.74, 6) is -6.07. The number of ketones is 1. The Balaban J connectivity index is 3.09. The number of rotatable bonds is 13. The predicted molar refractivity (Wildman–Crippen MR) is 114 cm³/mol. The van der Waals surface area contributed by atoms with Gasteiger partial charge >= 0.3 is 5.97 Å². The first kappa shape index (κ1) is 29.6. The van der Waals surface area contributed by atoms with Gasteiger partial charge in [-0.3, -0.25) is 14.4 Å². The molecule has 33 heavy (non-hydrogen) atoms. The van der Waals surface area contributed by atoms with Gasteiger partial charge in [-0.25, -0.2) is 10.2 Å². The number of thiol groups is 1. The number of carboxylic acid groups (broad SMARTS) is 1. The summed E-state index contributed by atoms with van der Waals surface area (Å²) in [5, 5.41) is 62.8. The number of ether oxygens (including phenoxy) is 1. The van der Waals surface area contributed by atoms with Crippen molar-refractivity contribution in [3.8, 4) is 0 Å². The van der Waals surface area contributed by atoms with Gasteiger partial charge in [-0.15, -0.1) is 5.17 Å². The van der Waals surface area contributed by atoms with E-state index in [4.69, 9.17) is 9.57 Å². The highest BCUT2D eigenvalue weighted by atomic mass is 32.1. The van der Waals surface area contributed by atoms with Crippen molar-refractivity contribution in [2.75, 3.05) is 26.8 Å². The van der Waals surface area contributed by atoms with Gasteiger partial charge in [0, 0.05) is 20.0 Å². The number of aliphatic hydroxyl groups excluding tert-OH is 4. The number of carbonyl (C=O) groups is 3. The van der Waals surface area contributed by atoms with Crippen molar-refractivity contribution < 1.29 is 54.6 Å². The highest BCUT2D eigenvalue weighted by molar-refractivity contribution is 7.81. The van der Waals surface area contributed by atoms with Gasteiger partial charge in [-0.05, 0) is 13.3 Å². The van der Waals surface area contributed by atoms with E-state index < -0.39 is 65.8 Å². The molecule has 0 bridgehead atoms. The van der Waals surface area contributed by atoms with Crippen LogP contribution in [0.15, 0.2) is 0 Å². The molecule has 8 N–H and O–H groups in total. The fraction of sp³-hybridized carbons (Fsp3) is 0.833. The Morgan fingerprint density at radius 2 is 1.94 bits per heavy atom. The summed E-state index contributed by atoms with van der Waals surface area (Å²) in [6, 6.07) is 0. The minimum absolute atomic E-state index is 0.0576. The van der Waals surface area contributed by atoms with Crippen LogP contribution in [0.25, 0.3) is 0 Å². The topological polar surface area (TPSA) is 218 Å². The Hall–Kier alpha value is -1.40. The third-order valence-electron chi connectivity index (χ3n) is 5.29. The van der Waals surface area contributed by atoms with Crippen molar-refractivity contribution in [3.05, 3.63) is 0 Å². The first-order chi connectivity index (χ1) is 15.3. The molecule has 0 spiro atoms. The minimum Gasteiger partial charge on any atom is -0.477 e. The van der Waals surface area contributed by atoms with E-state index in [1.165, 1.54) is 7.05 Å². The quantitative estimate of drug-likeness (QED) is 0.0674. The van der Waals surface area contributed by atoms with Crippen LogP contribution >= 0.6 is 12.6 Å². The van der Waals surface area contributed by atoms with Gasteiger partial charge in [-0.2, -0.15) is 12.6 Å². The summed E-state index contributed by atoms with van der Waals surface area (Å²) in [5.41, 5.74) is 0.194. The summed E-state index contributed by atoms with van der Waals surface area (Å²) in [4.78, 5) is 41.2. The molecule has 1 aliphatic heterocycles. The monoisotopic (exact) mass is 499 g/mol. The number of hydrazine groups is 1. The summed E-state index contributed by atoms with van der Waals surface area (Å²) in [7, 11) is 1.27. The second kappa shape index (κ2) is 12.3. The van der Waals surface area contributed by atoms with Crippen LogP contribution < -0.4 is 10.7 Å². The average molecular weight is 500 g/mol. The third kappa shape index (κ3) is 6.82. The zero-order valence-corrected chi connectivity index (χ0v) is 19.4. The van der Waals surface area contributed by atoms with Crippen LogP contribution in [0.5, 0.6) is 0 Å². The number of nitrogens with one attached hydrogen (secondary N) is 2. The largest absolute Gasteiger partial charge is 0.477 e. The zero-order valence-electron chi connectivity index (χ0n) is 18.5. The summed E-state index contributed by atoms with van der Waals surface area (Å²) < 4.78 is 5.11. The van der Waals surface area contributed by atoms with E-state index in [1.54, 1.807) is 6.92 Å². The molecule has 1 aliphatic rings. The maximum absolute atomic E-state index is 12.7. The van der Waals surface area contributed by atoms with E-state index >= 15 is 0 Å². The number of carbonyl (C=O) groups excluding carboxylic acids is 2. The molecule has 1 unspecified atom stereocenters. The molecule has 14 nitrogen and oxygen atoms in total. The van der Waals surface area contributed by atoms with Gasteiger partial charge in [0.05, 0.1) is 24.6 Å². The van der Waals surface area contributed by atoms with E-state index in [0.29, 0.717) is 6.42 Å². The molecule has 15 heteroatoms. The number of carboxylic acids is 1. The highest BCUT2D eigenvalue weighted by Crippen LogP contribution is 2.38. The molecule has 0 radical (unpaired) electrons. The Labute approximate surface area is 195 Å². The van der Waals surface area contributed by atoms with E-state index in [2.05, 4.69) is 23.4 Å². The maximum atomic E-state index is 12.7. The number of nitrogens with zero attached hydrogens (tertiary/aromatic N) is 1. The molecular formula is C18H33N3O11S. The van der Waals surface area contributed by atoms with Crippen molar-refractivity contribution in [2.24, 2.45) is 0 Å². The lowest BCUT2D eigenvalue weighted by Gasteiger charge is -2.52. The smallest absolute Gasteiger partial charge is 0.364 e.